The van der Waals surface area contributed by atoms with E-state index in [1.165, 1.54) is 0 Å². The van der Waals surface area contributed by atoms with Crippen LogP contribution in [-0.2, 0) is 4.74 Å². The summed E-state index contributed by atoms with van der Waals surface area (Å²) in [5.41, 5.74) is 0. The normalized spacial score (nSPS) is 17.2. The van der Waals surface area contributed by atoms with Gasteiger partial charge >= 0.3 is 0 Å². The van der Waals surface area contributed by atoms with Gasteiger partial charge in [0.25, 0.3) is 6.43 Å². The molecule has 19 heavy (non-hydrogen) atoms. The van der Waals surface area contributed by atoms with Crippen LogP contribution in [0.2, 0.25) is 0 Å². The Balaban J connectivity index is 0.00000324. The van der Waals surface area contributed by atoms with E-state index in [2.05, 4.69) is 10.3 Å². The van der Waals surface area contributed by atoms with Crippen LogP contribution < -0.4 is 5.32 Å². The fourth-order valence-corrected chi connectivity index (χ4v) is 2.07. The lowest BCUT2D eigenvalue weighted by Gasteiger charge is -2.26. The Morgan fingerprint density at radius 2 is 2.05 bits per heavy atom. The molecule has 1 N–H and O–H groups in total. The number of halogens is 3. The summed E-state index contributed by atoms with van der Waals surface area (Å²) in [4.78, 5) is 5.90. The maximum absolute atomic E-state index is 12.1. The minimum atomic E-state index is -2.36. The van der Waals surface area contributed by atoms with Gasteiger partial charge in [0, 0.05) is 33.9 Å². The van der Waals surface area contributed by atoms with Crippen molar-refractivity contribution >= 4 is 29.9 Å². The Bertz CT molecular complexity index is 261. The lowest BCUT2D eigenvalue weighted by Crippen LogP contribution is -2.41. The molecule has 0 aromatic rings. The molecule has 0 atom stereocenters. The largest absolute Gasteiger partial charge is 0.381 e. The molecule has 0 bridgehead atoms. The van der Waals surface area contributed by atoms with E-state index >= 15 is 0 Å². The van der Waals surface area contributed by atoms with Gasteiger partial charge in [0.05, 0.1) is 6.54 Å². The van der Waals surface area contributed by atoms with Crippen molar-refractivity contribution in [2.45, 2.75) is 25.7 Å². The van der Waals surface area contributed by atoms with Gasteiger partial charge in [-0.2, -0.15) is 0 Å². The van der Waals surface area contributed by atoms with Crippen LogP contribution in [0.3, 0.4) is 0 Å². The molecule has 0 unspecified atom stereocenters. The molecule has 0 amide bonds. The highest BCUT2D eigenvalue weighted by atomic mass is 127. The fraction of sp³-hybridized carbons (Fsp3) is 0.917. The molecule has 4 nitrogen and oxygen atoms in total. The maximum atomic E-state index is 12.1. The molecule has 0 spiro atoms. The van der Waals surface area contributed by atoms with Crippen LogP contribution in [0.4, 0.5) is 8.78 Å². The minimum absolute atomic E-state index is 0. The average molecular weight is 391 g/mol. The van der Waals surface area contributed by atoms with Crippen LogP contribution in [0.25, 0.3) is 0 Å². The fourth-order valence-electron chi connectivity index (χ4n) is 2.07. The van der Waals surface area contributed by atoms with Crippen LogP contribution in [0, 0.1) is 5.92 Å². The van der Waals surface area contributed by atoms with Gasteiger partial charge in [-0.25, -0.2) is 8.78 Å². The highest BCUT2D eigenvalue weighted by Crippen LogP contribution is 2.18. The average Bonchev–Trinajstić information content (AvgIpc) is 2.38. The van der Waals surface area contributed by atoms with Crippen molar-refractivity contribution in [3.63, 3.8) is 0 Å². The molecule has 1 aliphatic rings. The lowest BCUT2D eigenvalue weighted by atomic mass is 9.96. The van der Waals surface area contributed by atoms with Crippen molar-refractivity contribution < 1.29 is 13.5 Å². The van der Waals surface area contributed by atoms with E-state index in [1.54, 1.807) is 7.05 Å². The summed E-state index contributed by atoms with van der Waals surface area (Å²) in [7, 11) is 3.49. The molecule has 1 rings (SSSR count). The number of hydrogen-bond acceptors (Lipinski definition) is 2. The van der Waals surface area contributed by atoms with Crippen molar-refractivity contribution in [2.24, 2.45) is 10.9 Å². The molecule has 0 saturated carbocycles. The zero-order valence-corrected chi connectivity index (χ0v) is 13.9. The van der Waals surface area contributed by atoms with E-state index < -0.39 is 6.43 Å². The van der Waals surface area contributed by atoms with Crippen LogP contribution in [0.1, 0.15) is 19.3 Å². The number of rotatable bonds is 5. The third kappa shape index (κ3) is 7.86. The highest BCUT2D eigenvalue weighted by molar-refractivity contribution is 14.0. The van der Waals surface area contributed by atoms with Gasteiger partial charge in [0.15, 0.2) is 5.96 Å². The van der Waals surface area contributed by atoms with Crippen LogP contribution in [0.5, 0.6) is 0 Å². The topological polar surface area (TPSA) is 36.9 Å². The summed E-state index contributed by atoms with van der Waals surface area (Å²) in [5, 5.41) is 2.66. The van der Waals surface area contributed by atoms with Crippen molar-refractivity contribution in [3.05, 3.63) is 0 Å². The van der Waals surface area contributed by atoms with Gasteiger partial charge in [-0.3, -0.25) is 4.99 Å². The SMILES string of the molecule is CN=C(NCC(F)F)N(C)CCC1CCOCC1.I. The first-order valence-corrected chi connectivity index (χ1v) is 6.41. The van der Waals surface area contributed by atoms with Crippen molar-refractivity contribution in [3.8, 4) is 0 Å². The van der Waals surface area contributed by atoms with E-state index in [1.807, 2.05) is 11.9 Å². The summed E-state index contributed by atoms with van der Waals surface area (Å²) in [6, 6.07) is 0. The van der Waals surface area contributed by atoms with Crippen molar-refractivity contribution in [1.82, 2.24) is 10.2 Å². The molecule has 114 valence electrons. The Morgan fingerprint density at radius 3 is 2.58 bits per heavy atom. The first kappa shape index (κ1) is 18.8. The minimum Gasteiger partial charge on any atom is -0.381 e. The van der Waals surface area contributed by atoms with Gasteiger partial charge in [0.1, 0.15) is 0 Å². The van der Waals surface area contributed by atoms with Crippen molar-refractivity contribution in [1.29, 1.82) is 0 Å². The van der Waals surface area contributed by atoms with Crippen LogP contribution in [0.15, 0.2) is 4.99 Å². The second-order valence-corrected chi connectivity index (χ2v) is 4.59. The number of hydrogen-bond donors (Lipinski definition) is 1. The van der Waals surface area contributed by atoms with Gasteiger partial charge in [0.2, 0.25) is 0 Å². The quantitative estimate of drug-likeness (QED) is 0.444. The molecule has 1 heterocycles. The third-order valence-corrected chi connectivity index (χ3v) is 3.20. The zero-order valence-electron chi connectivity index (χ0n) is 11.6. The molecule has 0 aromatic heterocycles. The Hall–Kier alpha value is -0.180. The van der Waals surface area contributed by atoms with E-state index in [9.17, 15) is 8.78 Å². The molecule has 0 radical (unpaired) electrons. The number of ether oxygens (including phenoxy) is 1. The Kier molecular flexibility index (Phi) is 10.5. The van der Waals surface area contributed by atoms with E-state index in [-0.39, 0.29) is 30.5 Å². The number of alkyl halides is 2. The second kappa shape index (κ2) is 10.6. The Morgan fingerprint density at radius 1 is 1.42 bits per heavy atom. The van der Waals surface area contributed by atoms with Gasteiger partial charge in [-0.05, 0) is 25.2 Å². The zero-order chi connectivity index (χ0) is 13.4. The second-order valence-electron chi connectivity index (χ2n) is 4.59. The molecule has 1 aliphatic heterocycles. The molecule has 7 heteroatoms. The van der Waals surface area contributed by atoms with E-state index in [4.69, 9.17) is 4.74 Å². The van der Waals surface area contributed by atoms with Gasteiger partial charge < -0.3 is 15.0 Å². The van der Waals surface area contributed by atoms with E-state index in [0.29, 0.717) is 11.9 Å². The lowest BCUT2D eigenvalue weighted by molar-refractivity contribution is 0.0625. The maximum Gasteiger partial charge on any atom is 0.255 e. The van der Waals surface area contributed by atoms with Gasteiger partial charge in [-0.15, -0.1) is 24.0 Å². The van der Waals surface area contributed by atoms with Crippen LogP contribution >= 0.6 is 24.0 Å². The number of guanidine groups is 1. The first-order chi connectivity index (χ1) is 8.63. The standard InChI is InChI=1S/C12H23F2N3O.HI/c1-15-12(16-9-11(13)14)17(2)6-3-10-4-7-18-8-5-10;/h10-11H,3-9H2,1-2H3,(H,15,16);1H. The summed E-state index contributed by atoms with van der Waals surface area (Å²) >= 11 is 0. The monoisotopic (exact) mass is 391 g/mol. The molecule has 1 saturated heterocycles. The molecule has 0 aliphatic carbocycles. The van der Waals surface area contributed by atoms with Crippen LogP contribution in [-0.4, -0.2) is 57.7 Å². The van der Waals surface area contributed by atoms with E-state index in [0.717, 1.165) is 39.0 Å². The van der Waals surface area contributed by atoms with Crippen molar-refractivity contribution in [2.75, 3.05) is 40.4 Å². The summed E-state index contributed by atoms with van der Waals surface area (Å²) in [6.45, 7) is 2.15. The highest BCUT2D eigenvalue weighted by Gasteiger charge is 2.15. The predicted octanol–water partition coefficient (Wildman–Crippen LogP) is 2.19. The predicted molar refractivity (Wildman–Crippen MR) is 83.6 cm³/mol. The molecular weight excluding hydrogens is 367 g/mol. The number of nitrogens with one attached hydrogen (secondary N) is 1. The molecular formula is C12H24F2IN3O. The number of nitrogens with zero attached hydrogens (tertiary/aromatic N) is 2. The molecule has 1 fully saturated rings. The first-order valence-electron chi connectivity index (χ1n) is 6.41. The summed E-state index contributed by atoms with van der Waals surface area (Å²) in [6.07, 6.45) is 0.883. The number of aliphatic imine (C=N–C) groups is 1. The Labute approximate surface area is 131 Å². The smallest absolute Gasteiger partial charge is 0.255 e. The van der Waals surface area contributed by atoms with Gasteiger partial charge in [-0.1, -0.05) is 0 Å². The third-order valence-electron chi connectivity index (χ3n) is 3.20. The summed E-state index contributed by atoms with van der Waals surface area (Å²) in [5.74, 6) is 1.21. The molecule has 0 aromatic carbocycles. The summed E-state index contributed by atoms with van der Waals surface area (Å²) < 4.78 is 29.6.